The van der Waals surface area contributed by atoms with E-state index >= 15 is 0 Å². The number of carbonyl (C=O) groups excluding carboxylic acids is 1. The molecule has 0 amide bonds. The van der Waals surface area contributed by atoms with Crippen LogP contribution in [0.2, 0.25) is 0 Å². The number of carbonyl (C=O) groups is 1. The number of ketones is 1. The van der Waals surface area contributed by atoms with Crippen molar-refractivity contribution in [1.82, 2.24) is 0 Å². The van der Waals surface area contributed by atoms with Gasteiger partial charge in [-0.2, -0.15) is 0 Å². The molecule has 14 heavy (non-hydrogen) atoms. The Morgan fingerprint density at radius 3 is 1.57 bits per heavy atom. The quantitative estimate of drug-likeness (QED) is 0.455. The number of hydrogen-bond donors (Lipinski definition) is 0. The molecule has 0 heterocycles. The first kappa shape index (κ1) is 17.7. The number of rotatable bonds is 1. The molecule has 0 bridgehead atoms. The van der Waals surface area contributed by atoms with Crippen molar-refractivity contribution < 1.29 is 78.8 Å². The third kappa shape index (κ3) is 6.69. The van der Waals surface area contributed by atoms with Crippen LogP contribution in [0, 0.1) is 10.8 Å². The van der Waals surface area contributed by atoms with Gasteiger partial charge in [0, 0.05) is 5.41 Å². The van der Waals surface area contributed by atoms with E-state index in [0.29, 0.717) is 0 Å². The molecule has 0 N–H and O–H groups in total. The predicted molar refractivity (Wildman–Crippen MR) is 52.0 cm³/mol. The van der Waals surface area contributed by atoms with E-state index in [1.807, 2.05) is 41.5 Å². The second-order valence-electron chi connectivity index (χ2n) is 5.37. The molecule has 0 aromatic heterocycles. The van der Waals surface area contributed by atoms with Crippen LogP contribution in [0.1, 0.15) is 41.5 Å². The van der Waals surface area contributed by atoms with Crippen molar-refractivity contribution in [3.8, 4) is 0 Å². The van der Waals surface area contributed by atoms with E-state index < -0.39 is 10.8 Å². The van der Waals surface area contributed by atoms with Gasteiger partial charge in [-0.25, -0.2) is 0 Å². The van der Waals surface area contributed by atoms with Crippen molar-refractivity contribution in [1.29, 1.82) is 0 Å². The van der Waals surface area contributed by atoms with Crippen molar-refractivity contribution in [2.24, 2.45) is 10.8 Å². The fraction of sp³-hybridized carbons (Fsp3) is 0.727. The van der Waals surface area contributed by atoms with Gasteiger partial charge in [-0.1, -0.05) is 41.5 Å². The van der Waals surface area contributed by atoms with Crippen molar-refractivity contribution in [2.45, 2.75) is 41.5 Å². The monoisotopic (exact) mass is 316 g/mol. The van der Waals surface area contributed by atoms with E-state index in [1.54, 1.807) is 0 Å². The van der Waals surface area contributed by atoms with Crippen molar-refractivity contribution in [2.75, 3.05) is 0 Å². The van der Waals surface area contributed by atoms with Crippen molar-refractivity contribution >= 4 is 5.78 Å². The van der Waals surface area contributed by atoms with Gasteiger partial charge in [0.05, 0.1) is 0 Å². The molecular formula is C11H19CsO2. The topological polar surface area (TPSA) is 40.1 Å². The average Bonchev–Trinajstić information content (AvgIpc) is 1.82. The Morgan fingerprint density at radius 2 is 1.36 bits per heavy atom. The minimum Gasteiger partial charge on any atom is -0.875 e. The van der Waals surface area contributed by atoms with E-state index in [9.17, 15) is 9.90 Å². The molecule has 0 spiro atoms. The summed E-state index contributed by atoms with van der Waals surface area (Å²) in [5.41, 5.74) is -0.915. The first-order valence-corrected chi connectivity index (χ1v) is 4.49. The molecule has 3 heteroatoms. The Bertz CT molecular complexity index is 229. The van der Waals surface area contributed by atoms with E-state index in [0.717, 1.165) is 0 Å². The summed E-state index contributed by atoms with van der Waals surface area (Å²) in [6.45, 7) is 10.8. The molecule has 0 aliphatic heterocycles. The standard InChI is InChI=1S/C11H20O2.Cs/c1-10(2,3)8(12)7-9(13)11(4,5)6;/h7,12H,1-6H3;/q;+1/p-1. The normalized spacial score (nSPS) is 13.4. The van der Waals surface area contributed by atoms with Gasteiger partial charge in [0.2, 0.25) is 0 Å². The Morgan fingerprint density at radius 1 is 1.00 bits per heavy atom. The smallest absolute Gasteiger partial charge is 0.875 e. The summed E-state index contributed by atoms with van der Waals surface area (Å²) < 4.78 is 0. The second kappa shape index (κ2) is 6.11. The van der Waals surface area contributed by atoms with E-state index in [-0.39, 0.29) is 80.4 Å². The van der Waals surface area contributed by atoms with Crippen LogP contribution >= 0.6 is 0 Å². The minimum atomic E-state index is -0.457. The fourth-order valence-corrected chi connectivity index (χ4v) is 0.552. The zero-order valence-corrected chi connectivity index (χ0v) is 16.7. The third-order valence-corrected chi connectivity index (χ3v) is 1.74. The van der Waals surface area contributed by atoms with Crippen molar-refractivity contribution in [3.63, 3.8) is 0 Å². The number of hydrogen-bond acceptors (Lipinski definition) is 2. The molecule has 0 aliphatic rings. The van der Waals surface area contributed by atoms with Crippen LogP contribution in [0.5, 0.6) is 0 Å². The Balaban J connectivity index is 0. The van der Waals surface area contributed by atoms with Crippen molar-refractivity contribution in [3.05, 3.63) is 11.8 Å². The zero-order chi connectivity index (χ0) is 10.9. The summed E-state index contributed by atoms with van der Waals surface area (Å²) in [5.74, 6) is -0.208. The summed E-state index contributed by atoms with van der Waals surface area (Å²) in [6.07, 6.45) is 1.22. The molecule has 0 aromatic carbocycles. The fourth-order valence-electron chi connectivity index (χ4n) is 0.552. The molecule has 76 valence electrons. The third-order valence-electron chi connectivity index (χ3n) is 1.74. The van der Waals surface area contributed by atoms with Crippen LogP contribution in [0.3, 0.4) is 0 Å². The molecule has 0 rings (SSSR count). The summed E-state index contributed by atoms with van der Waals surface area (Å²) in [6, 6.07) is 0. The molecule has 0 saturated carbocycles. The number of allylic oxidation sites excluding steroid dienone is 2. The summed E-state index contributed by atoms with van der Waals surface area (Å²) in [7, 11) is 0. The molecule has 0 aliphatic carbocycles. The van der Waals surface area contributed by atoms with Crippen LogP contribution in [-0.2, 0) is 4.79 Å². The Labute approximate surface area is 146 Å². The first-order chi connectivity index (χ1) is 5.55. The Kier molecular flexibility index (Phi) is 7.70. The molecule has 0 radical (unpaired) electrons. The zero-order valence-electron chi connectivity index (χ0n) is 10.4. The van der Waals surface area contributed by atoms with Gasteiger partial charge >= 0.3 is 68.9 Å². The van der Waals surface area contributed by atoms with Crippen LogP contribution in [0.4, 0.5) is 0 Å². The molecule has 0 saturated heterocycles. The van der Waals surface area contributed by atoms with Crippen LogP contribution in [0.25, 0.3) is 0 Å². The van der Waals surface area contributed by atoms with Gasteiger partial charge in [-0.05, 0) is 11.5 Å². The van der Waals surface area contributed by atoms with Crippen LogP contribution < -0.4 is 74.0 Å². The predicted octanol–water partition coefficient (Wildman–Crippen LogP) is -1.10. The SMILES string of the molecule is CC(C)(C)C(=O)C=C([O-])C(C)(C)C.[Cs+]. The molecular weight excluding hydrogens is 297 g/mol. The van der Waals surface area contributed by atoms with Crippen LogP contribution in [-0.4, -0.2) is 5.78 Å². The second-order valence-corrected chi connectivity index (χ2v) is 5.37. The molecule has 0 fully saturated rings. The average molecular weight is 316 g/mol. The summed E-state index contributed by atoms with van der Waals surface area (Å²) in [5, 5.41) is 11.4. The molecule has 2 nitrogen and oxygen atoms in total. The van der Waals surface area contributed by atoms with Crippen LogP contribution in [0.15, 0.2) is 11.8 Å². The van der Waals surface area contributed by atoms with E-state index in [2.05, 4.69) is 0 Å². The molecule has 0 unspecified atom stereocenters. The van der Waals surface area contributed by atoms with Gasteiger partial charge in [-0.15, -0.1) is 5.76 Å². The molecule has 0 aromatic rings. The van der Waals surface area contributed by atoms with E-state index in [4.69, 9.17) is 0 Å². The Hall–Kier alpha value is 1.26. The maximum absolute atomic E-state index is 11.4. The minimum absolute atomic E-state index is 0. The summed E-state index contributed by atoms with van der Waals surface area (Å²) >= 11 is 0. The maximum Gasteiger partial charge on any atom is 1.00 e. The maximum atomic E-state index is 11.4. The summed E-state index contributed by atoms with van der Waals surface area (Å²) in [4.78, 5) is 11.4. The van der Waals surface area contributed by atoms with Gasteiger partial charge in [0.1, 0.15) is 0 Å². The van der Waals surface area contributed by atoms with Gasteiger partial charge < -0.3 is 5.11 Å². The molecule has 0 atom stereocenters. The van der Waals surface area contributed by atoms with Gasteiger partial charge in [0.15, 0.2) is 5.78 Å². The van der Waals surface area contributed by atoms with Gasteiger partial charge in [-0.3, -0.25) is 4.79 Å². The largest absolute Gasteiger partial charge is 1.00 e. The van der Waals surface area contributed by atoms with E-state index in [1.165, 1.54) is 6.08 Å². The van der Waals surface area contributed by atoms with Gasteiger partial charge in [0.25, 0.3) is 0 Å². The first-order valence-electron chi connectivity index (χ1n) is 4.49.